The Bertz CT molecular complexity index is 915. The number of hydrogen-bond donors (Lipinski definition) is 1. The number of nitrogens with one attached hydrogen (secondary N) is 1. The smallest absolute Gasteiger partial charge is 0.316 e. The standard InChI is InChI=1S/C17H15N3O3S3/c1-23-16(22)10-25-17-20-12-6-5-11(8-13(12)26-17)19-14(21)9-24-15-4-2-3-7-18-15/h2-8H,9-10H2,1H3,(H,19,21). The van der Waals surface area contributed by atoms with E-state index in [-0.39, 0.29) is 23.4 Å². The van der Waals surface area contributed by atoms with Crippen LogP contribution in [0.15, 0.2) is 52.0 Å². The van der Waals surface area contributed by atoms with Crippen LogP contribution in [0.3, 0.4) is 0 Å². The van der Waals surface area contributed by atoms with Crippen LogP contribution in [0.1, 0.15) is 0 Å². The van der Waals surface area contributed by atoms with Crippen LogP contribution in [0, 0.1) is 0 Å². The minimum Gasteiger partial charge on any atom is -0.468 e. The number of esters is 1. The zero-order chi connectivity index (χ0) is 18.4. The molecule has 2 aromatic heterocycles. The van der Waals surface area contributed by atoms with Crippen LogP contribution in [-0.2, 0) is 14.3 Å². The molecule has 1 amide bonds. The Labute approximate surface area is 162 Å². The first-order chi connectivity index (χ1) is 12.6. The van der Waals surface area contributed by atoms with E-state index in [4.69, 9.17) is 0 Å². The minimum absolute atomic E-state index is 0.0928. The van der Waals surface area contributed by atoms with Crippen molar-refractivity contribution in [3.8, 4) is 0 Å². The third-order valence-corrected chi connectivity index (χ3v) is 6.26. The van der Waals surface area contributed by atoms with Gasteiger partial charge in [-0.05, 0) is 30.3 Å². The van der Waals surface area contributed by atoms with Gasteiger partial charge in [-0.25, -0.2) is 9.97 Å². The van der Waals surface area contributed by atoms with E-state index in [9.17, 15) is 9.59 Å². The van der Waals surface area contributed by atoms with Gasteiger partial charge in [-0.15, -0.1) is 11.3 Å². The molecule has 0 aliphatic heterocycles. The molecule has 6 nitrogen and oxygen atoms in total. The maximum Gasteiger partial charge on any atom is 0.316 e. The lowest BCUT2D eigenvalue weighted by Gasteiger charge is -2.04. The fraction of sp³-hybridized carbons (Fsp3) is 0.176. The maximum atomic E-state index is 12.1. The van der Waals surface area contributed by atoms with Crippen molar-refractivity contribution in [2.24, 2.45) is 0 Å². The summed E-state index contributed by atoms with van der Waals surface area (Å²) in [5.41, 5.74) is 1.56. The highest BCUT2D eigenvalue weighted by molar-refractivity contribution is 8.01. The molecular formula is C17H15N3O3S3. The first kappa shape index (κ1) is 18.7. The Morgan fingerprint density at radius 1 is 1.19 bits per heavy atom. The van der Waals surface area contributed by atoms with E-state index in [0.717, 1.165) is 25.3 Å². The fourth-order valence-electron chi connectivity index (χ4n) is 1.99. The lowest BCUT2D eigenvalue weighted by molar-refractivity contribution is -0.137. The van der Waals surface area contributed by atoms with Crippen molar-refractivity contribution in [3.05, 3.63) is 42.6 Å². The topological polar surface area (TPSA) is 81.2 Å². The molecule has 1 aromatic carbocycles. The first-order valence-electron chi connectivity index (χ1n) is 7.58. The largest absolute Gasteiger partial charge is 0.468 e. The number of thioether (sulfide) groups is 2. The summed E-state index contributed by atoms with van der Waals surface area (Å²) in [7, 11) is 1.36. The second-order valence-corrected chi connectivity index (χ2v) is 8.28. The summed E-state index contributed by atoms with van der Waals surface area (Å²) in [6.07, 6.45) is 1.70. The molecule has 0 saturated heterocycles. The predicted octanol–water partition coefficient (Wildman–Crippen LogP) is 3.69. The molecule has 0 bridgehead atoms. The average Bonchev–Trinajstić information content (AvgIpc) is 3.07. The molecule has 0 radical (unpaired) electrons. The lowest BCUT2D eigenvalue weighted by atomic mass is 10.3. The molecule has 3 aromatic rings. The van der Waals surface area contributed by atoms with Gasteiger partial charge >= 0.3 is 5.97 Å². The van der Waals surface area contributed by atoms with Gasteiger partial charge in [-0.1, -0.05) is 29.6 Å². The molecule has 0 atom stereocenters. The van der Waals surface area contributed by atoms with Crippen molar-refractivity contribution in [1.29, 1.82) is 0 Å². The molecule has 1 N–H and O–H groups in total. The monoisotopic (exact) mass is 405 g/mol. The average molecular weight is 406 g/mol. The van der Waals surface area contributed by atoms with Gasteiger partial charge < -0.3 is 10.1 Å². The Balaban J connectivity index is 1.59. The highest BCUT2D eigenvalue weighted by Crippen LogP contribution is 2.31. The number of hydrogen-bond acceptors (Lipinski definition) is 8. The van der Waals surface area contributed by atoms with E-state index in [2.05, 4.69) is 20.0 Å². The van der Waals surface area contributed by atoms with Crippen molar-refractivity contribution in [1.82, 2.24) is 9.97 Å². The van der Waals surface area contributed by atoms with E-state index in [0.29, 0.717) is 0 Å². The molecule has 2 heterocycles. The van der Waals surface area contributed by atoms with E-state index in [1.165, 1.54) is 42.0 Å². The number of anilines is 1. The number of rotatable bonds is 7. The molecule has 0 spiro atoms. The van der Waals surface area contributed by atoms with E-state index in [1.54, 1.807) is 6.20 Å². The second-order valence-electron chi connectivity index (χ2n) is 5.03. The Morgan fingerprint density at radius 3 is 2.85 bits per heavy atom. The summed E-state index contributed by atoms with van der Waals surface area (Å²) in [6, 6.07) is 11.2. The molecular weight excluding hydrogens is 390 g/mol. The number of aromatic nitrogens is 2. The molecule has 0 saturated carbocycles. The van der Waals surface area contributed by atoms with Crippen LogP contribution in [0.2, 0.25) is 0 Å². The van der Waals surface area contributed by atoms with Crippen LogP contribution >= 0.6 is 34.9 Å². The first-order valence-corrected chi connectivity index (χ1v) is 10.4. The van der Waals surface area contributed by atoms with Crippen molar-refractivity contribution in [3.63, 3.8) is 0 Å². The summed E-state index contributed by atoms with van der Waals surface area (Å²) in [5, 5.41) is 3.70. The molecule has 0 unspecified atom stereocenters. The van der Waals surface area contributed by atoms with Gasteiger partial charge in [0.05, 0.1) is 33.9 Å². The normalized spacial score (nSPS) is 10.7. The third-order valence-electron chi connectivity index (χ3n) is 3.18. The Hall–Kier alpha value is -2.10. The van der Waals surface area contributed by atoms with Gasteiger partial charge in [-0.2, -0.15) is 0 Å². The summed E-state index contributed by atoms with van der Waals surface area (Å²) in [4.78, 5) is 32.0. The molecule has 3 rings (SSSR count). The van der Waals surface area contributed by atoms with E-state index < -0.39 is 0 Å². The molecule has 0 aliphatic rings. The quantitative estimate of drug-likeness (QED) is 0.474. The maximum absolute atomic E-state index is 12.1. The third kappa shape index (κ3) is 5.20. The van der Waals surface area contributed by atoms with Crippen LogP contribution in [0.25, 0.3) is 10.2 Å². The van der Waals surface area contributed by atoms with Crippen LogP contribution in [-0.4, -0.2) is 40.5 Å². The molecule has 0 aliphatic carbocycles. The summed E-state index contributed by atoms with van der Waals surface area (Å²) >= 11 is 4.21. The molecule has 0 fully saturated rings. The summed E-state index contributed by atoms with van der Waals surface area (Å²) in [5.74, 6) is 0.139. The zero-order valence-corrected chi connectivity index (χ0v) is 16.2. The van der Waals surface area contributed by atoms with Crippen LogP contribution in [0.5, 0.6) is 0 Å². The summed E-state index contributed by atoms with van der Waals surface area (Å²) < 4.78 is 6.37. The van der Waals surface area contributed by atoms with Gasteiger partial charge in [0.15, 0.2) is 4.34 Å². The lowest BCUT2D eigenvalue weighted by Crippen LogP contribution is -2.13. The molecule has 26 heavy (non-hydrogen) atoms. The summed E-state index contributed by atoms with van der Waals surface area (Å²) in [6.45, 7) is 0. The fourth-order valence-corrected chi connectivity index (χ4v) is 4.59. The number of benzene rings is 1. The number of carbonyl (C=O) groups is 2. The number of fused-ring (bicyclic) bond motifs is 1. The van der Waals surface area contributed by atoms with E-state index in [1.807, 2.05) is 36.4 Å². The Morgan fingerprint density at radius 2 is 2.08 bits per heavy atom. The van der Waals surface area contributed by atoms with Crippen LogP contribution in [0.4, 0.5) is 5.69 Å². The number of pyridine rings is 1. The molecule has 134 valence electrons. The SMILES string of the molecule is COC(=O)CSc1nc2ccc(NC(=O)CSc3ccccn3)cc2s1. The highest BCUT2D eigenvalue weighted by Gasteiger charge is 2.10. The minimum atomic E-state index is -0.285. The number of nitrogens with zero attached hydrogens (tertiary/aromatic N) is 2. The number of methoxy groups -OCH3 is 1. The van der Waals surface area contributed by atoms with Gasteiger partial charge in [0.1, 0.15) is 0 Å². The van der Waals surface area contributed by atoms with E-state index >= 15 is 0 Å². The van der Waals surface area contributed by atoms with Crippen molar-refractivity contribution in [2.45, 2.75) is 9.37 Å². The van der Waals surface area contributed by atoms with Gasteiger partial charge in [0, 0.05) is 11.9 Å². The van der Waals surface area contributed by atoms with Gasteiger partial charge in [-0.3, -0.25) is 9.59 Å². The predicted molar refractivity (Wildman–Crippen MR) is 106 cm³/mol. The highest BCUT2D eigenvalue weighted by atomic mass is 32.2. The number of carbonyl (C=O) groups excluding carboxylic acids is 2. The second kappa shape index (κ2) is 9.02. The van der Waals surface area contributed by atoms with Crippen molar-refractivity contribution in [2.75, 3.05) is 23.9 Å². The Kier molecular flexibility index (Phi) is 6.48. The van der Waals surface area contributed by atoms with Gasteiger partial charge in [0.2, 0.25) is 5.91 Å². The zero-order valence-electron chi connectivity index (χ0n) is 13.8. The number of ether oxygens (including phenoxy) is 1. The number of thiazole rings is 1. The van der Waals surface area contributed by atoms with Crippen molar-refractivity contribution < 1.29 is 14.3 Å². The van der Waals surface area contributed by atoms with Crippen LogP contribution < -0.4 is 5.32 Å². The van der Waals surface area contributed by atoms with Crippen molar-refractivity contribution >= 4 is 62.6 Å². The molecule has 9 heteroatoms. The van der Waals surface area contributed by atoms with Gasteiger partial charge in [0.25, 0.3) is 0 Å². The number of amides is 1.